The summed E-state index contributed by atoms with van der Waals surface area (Å²) >= 11 is 0. The van der Waals surface area contributed by atoms with E-state index in [2.05, 4.69) is 0 Å². The zero-order valence-corrected chi connectivity index (χ0v) is 14.6. The van der Waals surface area contributed by atoms with Gasteiger partial charge in [0, 0.05) is 18.9 Å². The van der Waals surface area contributed by atoms with Crippen LogP contribution in [-0.2, 0) is 22.4 Å². The Morgan fingerprint density at radius 1 is 0.840 bits per heavy atom. The number of allylic oxidation sites excluding steroid dienone is 2. The number of benzene rings is 2. The molecule has 0 aromatic heterocycles. The van der Waals surface area contributed by atoms with Crippen molar-refractivity contribution in [2.45, 2.75) is 25.7 Å². The van der Waals surface area contributed by atoms with Crippen molar-refractivity contribution in [1.82, 2.24) is 0 Å². The molecule has 130 valence electrons. The SMILES string of the molecule is CO/C1=C\C(=O)CCc2cc(ccc2OC)Oc2ccc(cc2)CC1. The smallest absolute Gasteiger partial charge is 0.159 e. The Kier molecular flexibility index (Phi) is 5.39. The quantitative estimate of drug-likeness (QED) is 0.811. The summed E-state index contributed by atoms with van der Waals surface area (Å²) in [7, 11) is 3.24. The van der Waals surface area contributed by atoms with Gasteiger partial charge >= 0.3 is 0 Å². The molecule has 0 unspecified atom stereocenters. The number of aryl methyl sites for hydroxylation is 2. The van der Waals surface area contributed by atoms with Gasteiger partial charge in [0.1, 0.15) is 17.2 Å². The molecule has 2 aliphatic heterocycles. The normalized spacial score (nSPS) is 16.9. The lowest BCUT2D eigenvalue weighted by atomic mass is 10.0. The zero-order chi connectivity index (χ0) is 17.6. The summed E-state index contributed by atoms with van der Waals surface area (Å²) in [6.07, 6.45) is 4.11. The van der Waals surface area contributed by atoms with E-state index in [1.54, 1.807) is 20.3 Å². The maximum atomic E-state index is 12.3. The van der Waals surface area contributed by atoms with Crippen LogP contribution in [-0.4, -0.2) is 20.0 Å². The zero-order valence-electron chi connectivity index (χ0n) is 14.6. The van der Waals surface area contributed by atoms with Crippen molar-refractivity contribution >= 4 is 5.78 Å². The lowest BCUT2D eigenvalue weighted by molar-refractivity contribution is -0.114. The second-order valence-corrected chi connectivity index (χ2v) is 6.00. The molecule has 4 rings (SSSR count). The topological polar surface area (TPSA) is 44.8 Å². The molecule has 4 bridgehead atoms. The molecule has 0 radical (unpaired) electrons. The van der Waals surface area contributed by atoms with Crippen LogP contribution in [0.1, 0.15) is 24.0 Å². The van der Waals surface area contributed by atoms with E-state index in [-0.39, 0.29) is 5.78 Å². The molecule has 0 saturated heterocycles. The van der Waals surface area contributed by atoms with E-state index in [0.717, 1.165) is 29.2 Å². The molecule has 2 aromatic rings. The Labute approximate surface area is 148 Å². The number of ketones is 1. The number of carbonyl (C=O) groups is 1. The summed E-state index contributed by atoms with van der Waals surface area (Å²) in [5.41, 5.74) is 2.13. The lowest BCUT2D eigenvalue weighted by Crippen LogP contribution is -2.01. The summed E-state index contributed by atoms with van der Waals surface area (Å²) in [4.78, 5) is 12.3. The van der Waals surface area contributed by atoms with Crippen molar-refractivity contribution in [3.8, 4) is 17.2 Å². The predicted molar refractivity (Wildman–Crippen MR) is 96.3 cm³/mol. The minimum absolute atomic E-state index is 0.0508. The van der Waals surface area contributed by atoms with Gasteiger partial charge in [-0.2, -0.15) is 0 Å². The molecule has 0 aliphatic carbocycles. The van der Waals surface area contributed by atoms with E-state index in [4.69, 9.17) is 14.2 Å². The average molecular weight is 338 g/mol. The third-order valence-electron chi connectivity index (χ3n) is 4.30. The number of hydrogen-bond donors (Lipinski definition) is 0. The first kappa shape index (κ1) is 17.1. The second-order valence-electron chi connectivity index (χ2n) is 6.00. The number of ether oxygens (including phenoxy) is 3. The molecule has 4 nitrogen and oxygen atoms in total. The number of carbonyl (C=O) groups excluding carboxylic acids is 1. The number of methoxy groups -OCH3 is 2. The van der Waals surface area contributed by atoms with Crippen LogP contribution in [0.3, 0.4) is 0 Å². The fourth-order valence-corrected chi connectivity index (χ4v) is 2.88. The first-order valence-electron chi connectivity index (χ1n) is 8.39. The minimum atomic E-state index is 0.0508. The van der Waals surface area contributed by atoms with E-state index >= 15 is 0 Å². The van der Waals surface area contributed by atoms with Crippen molar-refractivity contribution in [3.05, 3.63) is 65.4 Å². The number of rotatable bonds is 2. The van der Waals surface area contributed by atoms with E-state index in [9.17, 15) is 4.79 Å². The fourth-order valence-electron chi connectivity index (χ4n) is 2.88. The Morgan fingerprint density at radius 2 is 1.60 bits per heavy atom. The molecule has 0 atom stereocenters. The Hall–Kier alpha value is -2.75. The summed E-state index contributed by atoms with van der Waals surface area (Å²) in [5.74, 6) is 3.04. The van der Waals surface area contributed by atoms with E-state index in [1.165, 1.54) is 5.56 Å². The minimum Gasteiger partial charge on any atom is -0.501 e. The van der Waals surface area contributed by atoms with Gasteiger partial charge in [-0.3, -0.25) is 4.79 Å². The van der Waals surface area contributed by atoms with Crippen LogP contribution in [0.2, 0.25) is 0 Å². The predicted octanol–water partition coefficient (Wildman–Crippen LogP) is 4.47. The molecule has 0 N–H and O–H groups in total. The fraction of sp³-hybridized carbons (Fsp3) is 0.286. The summed E-state index contributed by atoms with van der Waals surface area (Å²) in [6.45, 7) is 0. The van der Waals surface area contributed by atoms with Gasteiger partial charge in [-0.1, -0.05) is 12.1 Å². The average Bonchev–Trinajstić information content (AvgIpc) is 2.64. The summed E-state index contributed by atoms with van der Waals surface area (Å²) < 4.78 is 16.7. The van der Waals surface area contributed by atoms with Gasteiger partial charge in [0.25, 0.3) is 0 Å². The van der Waals surface area contributed by atoms with Crippen molar-refractivity contribution in [2.75, 3.05) is 14.2 Å². The van der Waals surface area contributed by atoms with Gasteiger partial charge in [0.05, 0.1) is 20.0 Å². The van der Waals surface area contributed by atoms with Gasteiger partial charge in [-0.15, -0.1) is 0 Å². The van der Waals surface area contributed by atoms with Crippen molar-refractivity contribution in [2.24, 2.45) is 0 Å². The van der Waals surface area contributed by atoms with Gasteiger partial charge in [0.2, 0.25) is 0 Å². The lowest BCUT2D eigenvalue weighted by Gasteiger charge is -2.11. The third kappa shape index (κ3) is 4.41. The highest BCUT2D eigenvalue weighted by atomic mass is 16.5. The van der Waals surface area contributed by atoms with E-state index < -0.39 is 0 Å². The summed E-state index contributed by atoms with van der Waals surface area (Å²) in [5, 5.41) is 0. The first-order chi connectivity index (χ1) is 12.2. The molecular formula is C21H22O4. The maximum absolute atomic E-state index is 12.3. The highest BCUT2D eigenvalue weighted by molar-refractivity contribution is 5.90. The van der Waals surface area contributed by atoms with Crippen molar-refractivity contribution < 1.29 is 19.0 Å². The monoisotopic (exact) mass is 338 g/mol. The van der Waals surface area contributed by atoms with Crippen LogP contribution in [0.5, 0.6) is 17.2 Å². The number of hydrogen-bond acceptors (Lipinski definition) is 4. The van der Waals surface area contributed by atoms with Crippen molar-refractivity contribution in [1.29, 1.82) is 0 Å². The first-order valence-corrected chi connectivity index (χ1v) is 8.39. The maximum Gasteiger partial charge on any atom is 0.159 e. The molecule has 0 spiro atoms. The van der Waals surface area contributed by atoms with E-state index in [1.807, 2.05) is 42.5 Å². The molecule has 0 saturated carbocycles. The van der Waals surface area contributed by atoms with Crippen LogP contribution in [0.15, 0.2) is 54.3 Å². The molecule has 25 heavy (non-hydrogen) atoms. The number of fused-ring (bicyclic) bond motifs is 7. The summed E-state index contributed by atoms with van der Waals surface area (Å²) in [6, 6.07) is 13.7. The van der Waals surface area contributed by atoms with Gasteiger partial charge < -0.3 is 14.2 Å². The van der Waals surface area contributed by atoms with Gasteiger partial charge in [0.15, 0.2) is 5.78 Å². The third-order valence-corrected chi connectivity index (χ3v) is 4.30. The molecule has 0 amide bonds. The highest BCUT2D eigenvalue weighted by Gasteiger charge is 2.10. The molecule has 2 aliphatic rings. The molecule has 2 heterocycles. The molecular weight excluding hydrogens is 316 g/mol. The van der Waals surface area contributed by atoms with Crippen molar-refractivity contribution in [3.63, 3.8) is 0 Å². The van der Waals surface area contributed by atoms with Crippen LogP contribution in [0, 0.1) is 0 Å². The Balaban J connectivity index is 1.96. The molecule has 2 aromatic carbocycles. The van der Waals surface area contributed by atoms with E-state index in [0.29, 0.717) is 25.0 Å². The van der Waals surface area contributed by atoms with Crippen LogP contribution in [0.25, 0.3) is 0 Å². The second kappa shape index (κ2) is 7.88. The Morgan fingerprint density at radius 3 is 2.32 bits per heavy atom. The molecule has 4 heteroatoms. The van der Waals surface area contributed by atoms with Gasteiger partial charge in [-0.25, -0.2) is 0 Å². The molecule has 0 fully saturated rings. The Bertz CT molecular complexity index is 775. The highest BCUT2D eigenvalue weighted by Crippen LogP contribution is 2.29. The van der Waals surface area contributed by atoms with Crippen LogP contribution < -0.4 is 9.47 Å². The van der Waals surface area contributed by atoms with Crippen LogP contribution >= 0.6 is 0 Å². The van der Waals surface area contributed by atoms with Crippen LogP contribution in [0.4, 0.5) is 0 Å². The van der Waals surface area contributed by atoms with Gasteiger partial charge in [-0.05, 0) is 54.3 Å². The standard InChI is InChI=1S/C21H22O4/c1-23-19-10-5-15-3-8-18(9-4-15)25-20-11-12-21(24-2)16(13-20)6-7-17(22)14-19/h3-4,8-9,11-14H,5-7,10H2,1-2H3/b19-14-. The largest absolute Gasteiger partial charge is 0.501 e.